The number of aromatic nitrogens is 1. The molecule has 1 aromatic heterocycles. The van der Waals surface area contributed by atoms with Crippen LogP contribution in [-0.2, 0) is 0 Å². The molecule has 2 aromatic rings. The molecular formula is C20H25ClN2. The fourth-order valence-corrected chi connectivity index (χ4v) is 5.40. The van der Waals surface area contributed by atoms with Gasteiger partial charge >= 0.3 is 0 Å². The molecule has 1 saturated carbocycles. The molecule has 2 aliphatic rings. The Morgan fingerprint density at radius 2 is 1.96 bits per heavy atom. The Labute approximate surface area is 143 Å². The Bertz CT molecular complexity index is 783. The molecule has 2 nitrogen and oxygen atoms in total. The highest BCUT2D eigenvalue weighted by Gasteiger charge is 2.49. The topological polar surface area (TPSA) is 16.1 Å². The maximum atomic E-state index is 6.18. The van der Waals surface area contributed by atoms with Crippen LogP contribution in [0.25, 0.3) is 10.9 Å². The lowest BCUT2D eigenvalue weighted by Crippen LogP contribution is -2.35. The van der Waals surface area contributed by atoms with E-state index >= 15 is 0 Å². The molecule has 2 heterocycles. The third kappa shape index (κ3) is 2.61. The van der Waals surface area contributed by atoms with Gasteiger partial charge in [-0.2, -0.15) is 0 Å². The lowest BCUT2D eigenvalue weighted by Gasteiger charge is -2.39. The highest BCUT2D eigenvalue weighted by molar-refractivity contribution is 6.31. The molecule has 3 heteroatoms. The maximum Gasteiger partial charge on any atom is 0.129 e. The van der Waals surface area contributed by atoms with E-state index in [1.807, 2.05) is 12.1 Å². The second-order valence-corrected chi connectivity index (χ2v) is 9.24. The summed E-state index contributed by atoms with van der Waals surface area (Å²) in [5, 5.41) is 1.96. The highest BCUT2D eigenvalue weighted by Crippen LogP contribution is 2.53. The zero-order valence-corrected chi connectivity index (χ0v) is 15.2. The lowest BCUT2D eigenvalue weighted by molar-refractivity contribution is 0.136. The first-order valence-electron chi connectivity index (χ1n) is 8.58. The van der Waals surface area contributed by atoms with Crippen molar-refractivity contribution in [3.8, 4) is 0 Å². The second kappa shape index (κ2) is 4.86. The number of anilines is 1. The molecule has 1 aliphatic carbocycles. The van der Waals surface area contributed by atoms with Gasteiger partial charge < -0.3 is 4.90 Å². The molecule has 1 aromatic carbocycles. The van der Waals surface area contributed by atoms with Crippen molar-refractivity contribution in [3.63, 3.8) is 0 Å². The van der Waals surface area contributed by atoms with E-state index in [0.29, 0.717) is 16.9 Å². The largest absolute Gasteiger partial charge is 0.353 e. The van der Waals surface area contributed by atoms with E-state index < -0.39 is 0 Å². The molecule has 4 rings (SSSR count). The fraction of sp³-hybridized carbons (Fsp3) is 0.550. The smallest absolute Gasteiger partial charge is 0.129 e. The Kier molecular flexibility index (Phi) is 3.22. The fourth-order valence-electron chi connectivity index (χ4n) is 5.23. The summed E-state index contributed by atoms with van der Waals surface area (Å²) in [5.74, 6) is 1.13. The van der Waals surface area contributed by atoms with Gasteiger partial charge in [0.2, 0.25) is 0 Å². The molecule has 0 N–H and O–H groups in total. The monoisotopic (exact) mass is 328 g/mol. The predicted molar refractivity (Wildman–Crippen MR) is 98.4 cm³/mol. The van der Waals surface area contributed by atoms with Crippen LogP contribution in [0.1, 0.15) is 45.6 Å². The minimum atomic E-state index is 0.422. The van der Waals surface area contributed by atoms with Crippen LogP contribution in [0.15, 0.2) is 24.3 Å². The predicted octanol–water partition coefficient (Wildman–Crippen LogP) is 5.60. The molecule has 0 radical (unpaired) electrons. The quantitative estimate of drug-likeness (QED) is 0.677. The number of aryl methyl sites for hydroxylation is 1. The van der Waals surface area contributed by atoms with Crippen LogP contribution in [0.2, 0.25) is 5.02 Å². The van der Waals surface area contributed by atoms with Gasteiger partial charge in [-0.05, 0) is 60.8 Å². The number of fused-ring (bicyclic) bond motifs is 3. The molecule has 1 saturated heterocycles. The van der Waals surface area contributed by atoms with Crippen molar-refractivity contribution in [3.05, 3.63) is 34.9 Å². The first-order chi connectivity index (χ1) is 10.7. The van der Waals surface area contributed by atoms with Crippen LogP contribution >= 0.6 is 11.6 Å². The van der Waals surface area contributed by atoms with E-state index in [2.05, 4.69) is 44.7 Å². The summed E-state index contributed by atoms with van der Waals surface area (Å²) in [6, 6.07) is 8.89. The first kappa shape index (κ1) is 15.3. The molecular weight excluding hydrogens is 304 g/mol. The van der Waals surface area contributed by atoms with Crippen LogP contribution in [0.4, 0.5) is 5.82 Å². The summed E-state index contributed by atoms with van der Waals surface area (Å²) in [6.45, 7) is 10.6. The normalized spacial score (nSPS) is 29.3. The van der Waals surface area contributed by atoms with Gasteiger partial charge in [-0.25, -0.2) is 4.98 Å². The second-order valence-electron chi connectivity index (χ2n) is 8.80. The van der Waals surface area contributed by atoms with E-state index in [9.17, 15) is 0 Å². The van der Waals surface area contributed by atoms with Gasteiger partial charge in [0.1, 0.15) is 5.82 Å². The van der Waals surface area contributed by atoms with Gasteiger partial charge in [0.15, 0.2) is 0 Å². The van der Waals surface area contributed by atoms with Crippen LogP contribution < -0.4 is 4.90 Å². The van der Waals surface area contributed by atoms with Gasteiger partial charge in [-0.15, -0.1) is 0 Å². The minimum absolute atomic E-state index is 0.422. The Morgan fingerprint density at radius 1 is 1.17 bits per heavy atom. The third-order valence-electron chi connectivity index (χ3n) is 5.67. The summed E-state index contributed by atoms with van der Waals surface area (Å²) < 4.78 is 0. The maximum absolute atomic E-state index is 6.18. The minimum Gasteiger partial charge on any atom is -0.353 e. The number of hydrogen-bond acceptors (Lipinski definition) is 2. The van der Waals surface area contributed by atoms with Crippen LogP contribution in [0, 0.1) is 17.8 Å². The summed E-state index contributed by atoms with van der Waals surface area (Å²) in [4.78, 5) is 7.52. The van der Waals surface area contributed by atoms with Crippen LogP contribution in [-0.4, -0.2) is 17.6 Å². The number of nitrogens with zero attached hydrogens (tertiary/aromatic N) is 2. The molecule has 2 unspecified atom stereocenters. The summed E-state index contributed by atoms with van der Waals surface area (Å²) >= 11 is 6.18. The van der Waals surface area contributed by atoms with Gasteiger partial charge in [-0.3, -0.25) is 0 Å². The van der Waals surface area contributed by atoms with Crippen molar-refractivity contribution >= 4 is 28.3 Å². The van der Waals surface area contributed by atoms with Crippen molar-refractivity contribution in [1.82, 2.24) is 4.98 Å². The zero-order valence-electron chi connectivity index (χ0n) is 14.5. The number of halogens is 1. The molecule has 2 fully saturated rings. The van der Waals surface area contributed by atoms with Crippen molar-refractivity contribution in [2.75, 3.05) is 11.4 Å². The molecule has 23 heavy (non-hydrogen) atoms. The average molecular weight is 329 g/mol. The number of pyridine rings is 1. The van der Waals surface area contributed by atoms with E-state index in [1.54, 1.807) is 0 Å². The molecule has 1 aliphatic heterocycles. The highest BCUT2D eigenvalue weighted by atomic mass is 35.5. The Morgan fingerprint density at radius 3 is 2.74 bits per heavy atom. The van der Waals surface area contributed by atoms with Gasteiger partial charge in [0.05, 0.1) is 5.52 Å². The SMILES string of the molecule is Cc1cc(N2CC3(C)CC2CC(C)(C)C3)nc2cc(Cl)ccc12. The molecule has 2 atom stereocenters. The number of hydrogen-bond donors (Lipinski definition) is 0. The molecule has 2 bridgehead atoms. The standard InChI is InChI=1S/C20H25ClN2/c1-13-7-18(22-17-8-14(21)5-6-16(13)17)23-12-20(4)10-15(23)9-19(2,3)11-20/h5-8,15H,9-12H2,1-4H3. The average Bonchev–Trinajstić information content (AvgIpc) is 2.67. The van der Waals surface area contributed by atoms with E-state index in [-0.39, 0.29) is 0 Å². The van der Waals surface area contributed by atoms with Crippen molar-refractivity contribution < 1.29 is 0 Å². The molecule has 0 amide bonds. The third-order valence-corrected chi connectivity index (χ3v) is 5.91. The molecule has 122 valence electrons. The van der Waals surface area contributed by atoms with Crippen molar-refractivity contribution in [2.24, 2.45) is 10.8 Å². The van der Waals surface area contributed by atoms with Crippen molar-refractivity contribution in [2.45, 2.75) is 53.0 Å². The van der Waals surface area contributed by atoms with E-state index in [4.69, 9.17) is 16.6 Å². The first-order valence-corrected chi connectivity index (χ1v) is 8.96. The van der Waals surface area contributed by atoms with Crippen molar-refractivity contribution in [1.29, 1.82) is 0 Å². The van der Waals surface area contributed by atoms with Gasteiger partial charge in [-0.1, -0.05) is 38.4 Å². The van der Waals surface area contributed by atoms with E-state index in [0.717, 1.165) is 22.9 Å². The van der Waals surface area contributed by atoms with Crippen LogP contribution in [0.3, 0.4) is 0 Å². The zero-order chi connectivity index (χ0) is 16.4. The van der Waals surface area contributed by atoms with Crippen LogP contribution in [0.5, 0.6) is 0 Å². The summed E-state index contributed by atoms with van der Waals surface area (Å²) in [5.41, 5.74) is 3.15. The number of rotatable bonds is 1. The van der Waals surface area contributed by atoms with E-state index in [1.165, 1.54) is 30.2 Å². The lowest BCUT2D eigenvalue weighted by atomic mass is 9.65. The Hall–Kier alpha value is -1.28. The Balaban J connectivity index is 1.78. The number of benzene rings is 1. The summed E-state index contributed by atoms with van der Waals surface area (Å²) in [7, 11) is 0. The summed E-state index contributed by atoms with van der Waals surface area (Å²) in [6.07, 6.45) is 3.87. The van der Waals surface area contributed by atoms with Gasteiger partial charge in [0.25, 0.3) is 0 Å². The molecule has 0 spiro atoms. The van der Waals surface area contributed by atoms with Gasteiger partial charge in [0, 0.05) is 23.0 Å².